The van der Waals surface area contributed by atoms with E-state index in [-0.39, 0.29) is 0 Å². The van der Waals surface area contributed by atoms with Gasteiger partial charge in [0.05, 0.1) is 12.4 Å². The molecule has 0 saturated heterocycles. The monoisotopic (exact) mass is 168 g/mol. The molecule has 0 rings (SSSR count). The van der Waals surface area contributed by atoms with Gasteiger partial charge in [-0.3, -0.25) is 0 Å². The fourth-order valence-corrected chi connectivity index (χ4v) is 0.900. The number of hydrogen-bond donors (Lipinski definition) is 0. The van der Waals surface area contributed by atoms with Crippen molar-refractivity contribution in [3.63, 3.8) is 0 Å². The first-order valence-electron chi connectivity index (χ1n) is 4.66. The average molecular weight is 168 g/mol. The molecule has 0 aliphatic carbocycles. The Labute approximate surface area is 76.1 Å². The molecular formula is C11H20O. The summed E-state index contributed by atoms with van der Waals surface area (Å²) in [5.41, 5.74) is 1.44. The molecule has 0 unspecified atom stereocenters. The van der Waals surface area contributed by atoms with Crippen LogP contribution in [-0.4, -0.2) is 6.61 Å². The molecule has 1 heteroatoms. The van der Waals surface area contributed by atoms with Gasteiger partial charge in [-0.15, -0.1) is 0 Å². The standard InChI is InChI=1S/C11H20O/c1-5-10(3)8-7-9-11(4)12-6-2/h8H,4-7,9H2,1-3H3. The van der Waals surface area contributed by atoms with Gasteiger partial charge in [-0.1, -0.05) is 25.2 Å². The third-order valence-corrected chi connectivity index (χ3v) is 1.82. The smallest absolute Gasteiger partial charge is 0.0891 e. The molecule has 0 heterocycles. The summed E-state index contributed by atoms with van der Waals surface area (Å²) in [7, 11) is 0. The summed E-state index contributed by atoms with van der Waals surface area (Å²) in [6.45, 7) is 10.9. The molecule has 0 aliphatic heterocycles. The Morgan fingerprint density at radius 1 is 1.42 bits per heavy atom. The summed E-state index contributed by atoms with van der Waals surface area (Å²) in [6.07, 6.45) is 5.40. The third kappa shape index (κ3) is 6.02. The zero-order chi connectivity index (χ0) is 9.40. The number of ether oxygens (including phenoxy) is 1. The molecule has 0 aromatic heterocycles. The largest absolute Gasteiger partial charge is 0.499 e. The lowest BCUT2D eigenvalue weighted by Crippen LogP contribution is -1.89. The van der Waals surface area contributed by atoms with Crippen molar-refractivity contribution in [2.75, 3.05) is 6.61 Å². The fraction of sp³-hybridized carbons (Fsp3) is 0.636. The lowest BCUT2D eigenvalue weighted by atomic mass is 10.1. The maximum Gasteiger partial charge on any atom is 0.0891 e. The Kier molecular flexibility index (Phi) is 6.54. The summed E-state index contributed by atoms with van der Waals surface area (Å²) in [6, 6.07) is 0. The first-order valence-corrected chi connectivity index (χ1v) is 4.66. The Hall–Kier alpha value is -0.720. The van der Waals surface area contributed by atoms with Gasteiger partial charge >= 0.3 is 0 Å². The molecule has 0 aliphatic rings. The van der Waals surface area contributed by atoms with E-state index in [9.17, 15) is 0 Å². The van der Waals surface area contributed by atoms with Crippen LogP contribution in [0.1, 0.15) is 40.0 Å². The van der Waals surface area contributed by atoms with E-state index in [0.29, 0.717) is 0 Å². The van der Waals surface area contributed by atoms with E-state index in [1.54, 1.807) is 0 Å². The van der Waals surface area contributed by atoms with Crippen LogP contribution in [0.5, 0.6) is 0 Å². The molecule has 0 atom stereocenters. The van der Waals surface area contributed by atoms with E-state index in [2.05, 4.69) is 26.5 Å². The van der Waals surface area contributed by atoms with Crippen LogP contribution in [-0.2, 0) is 4.74 Å². The quantitative estimate of drug-likeness (QED) is 0.434. The van der Waals surface area contributed by atoms with Gasteiger partial charge in [0.15, 0.2) is 0 Å². The van der Waals surface area contributed by atoms with Gasteiger partial charge in [-0.25, -0.2) is 0 Å². The van der Waals surface area contributed by atoms with Crippen molar-refractivity contribution in [3.8, 4) is 0 Å². The van der Waals surface area contributed by atoms with Crippen molar-refractivity contribution in [2.24, 2.45) is 0 Å². The first kappa shape index (κ1) is 11.3. The first-order chi connectivity index (χ1) is 5.70. The molecule has 0 spiro atoms. The molecule has 0 N–H and O–H groups in total. The van der Waals surface area contributed by atoms with Crippen molar-refractivity contribution in [1.82, 2.24) is 0 Å². The van der Waals surface area contributed by atoms with Crippen molar-refractivity contribution < 1.29 is 4.74 Å². The second-order valence-electron chi connectivity index (χ2n) is 2.91. The Bertz CT molecular complexity index is 156. The van der Waals surface area contributed by atoms with Crippen molar-refractivity contribution in [2.45, 2.75) is 40.0 Å². The Morgan fingerprint density at radius 3 is 2.58 bits per heavy atom. The van der Waals surface area contributed by atoms with E-state index in [1.165, 1.54) is 5.57 Å². The van der Waals surface area contributed by atoms with Gasteiger partial charge in [-0.05, 0) is 26.7 Å². The molecule has 12 heavy (non-hydrogen) atoms. The SMILES string of the molecule is C=C(CCC=C(C)CC)OCC. The van der Waals surface area contributed by atoms with Gasteiger partial charge in [0.1, 0.15) is 0 Å². The van der Waals surface area contributed by atoms with Gasteiger partial charge < -0.3 is 4.74 Å². The molecule has 0 radical (unpaired) electrons. The maximum atomic E-state index is 5.23. The third-order valence-electron chi connectivity index (χ3n) is 1.82. The molecule has 1 nitrogen and oxygen atoms in total. The topological polar surface area (TPSA) is 9.23 Å². The van der Waals surface area contributed by atoms with Gasteiger partial charge in [-0.2, -0.15) is 0 Å². The van der Waals surface area contributed by atoms with E-state index < -0.39 is 0 Å². The van der Waals surface area contributed by atoms with Crippen LogP contribution in [0.25, 0.3) is 0 Å². The lowest BCUT2D eigenvalue weighted by Gasteiger charge is -2.04. The molecule has 0 amide bonds. The maximum absolute atomic E-state index is 5.23. The minimum atomic E-state index is 0.731. The predicted octanol–water partition coefficient (Wildman–Crippen LogP) is 3.67. The molecule has 0 saturated carbocycles. The van der Waals surface area contributed by atoms with Crippen LogP contribution in [0.15, 0.2) is 24.0 Å². The van der Waals surface area contributed by atoms with Crippen LogP contribution < -0.4 is 0 Å². The molecule has 0 bridgehead atoms. The highest BCUT2D eigenvalue weighted by molar-refractivity contribution is 4.98. The summed E-state index contributed by atoms with van der Waals surface area (Å²) in [4.78, 5) is 0. The van der Waals surface area contributed by atoms with E-state index in [1.807, 2.05) is 6.92 Å². The lowest BCUT2D eigenvalue weighted by molar-refractivity contribution is 0.220. The Balaban J connectivity index is 3.48. The molecule has 0 aromatic carbocycles. The number of hydrogen-bond acceptors (Lipinski definition) is 1. The zero-order valence-corrected chi connectivity index (χ0v) is 8.52. The molecule has 70 valence electrons. The summed E-state index contributed by atoms with van der Waals surface area (Å²) >= 11 is 0. The number of rotatable bonds is 6. The predicted molar refractivity (Wildman–Crippen MR) is 54.0 cm³/mol. The summed E-state index contributed by atoms with van der Waals surface area (Å²) < 4.78 is 5.23. The van der Waals surface area contributed by atoms with Gasteiger partial charge in [0.25, 0.3) is 0 Å². The van der Waals surface area contributed by atoms with Gasteiger partial charge in [0.2, 0.25) is 0 Å². The highest BCUT2D eigenvalue weighted by Crippen LogP contribution is 2.07. The highest BCUT2D eigenvalue weighted by atomic mass is 16.5. The summed E-state index contributed by atoms with van der Waals surface area (Å²) in [5, 5.41) is 0. The van der Waals surface area contributed by atoms with Crippen LogP contribution in [0.2, 0.25) is 0 Å². The minimum Gasteiger partial charge on any atom is -0.499 e. The second-order valence-corrected chi connectivity index (χ2v) is 2.91. The summed E-state index contributed by atoms with van der Waals surface area (Å²) in [5.74, 6) is 0.901. The molecule has 0 aromatic rings. The highest BCUT2D eigenvalue weighted by Gasteiger charge is 1.91. The number of allylic oxidation sites excluding steroid dienone is 3. The van der Waals surface area contributed by atoms with Crippen molar-refractivity contribution in [1.29, 1.82) is 0 Å². The van der Waals surface area contributed by atoms with E-state index in [4.69, 9.17) is 4.74 Å². The van der Waals surface area contributed by atoms with E-state index in [0.717, 1.165) is 31.6 Å². The molecule has 0 fully saturated rings. The fourth-order valence-electron chi connectivity index (χ4n) is 0.900. The van der Waals surface area contributed by atoms with Crippen molar-refractivity contribution in [3.05, 3.63) is 24.0 Å². The molecular weight excluding hydrogens is 148 g/mol. The zero-order valence-electron chi connectivity index (χ0n) is 8.52. The minimum absolute atomic E-state index is 0.731. The Morgan fingerprint density at radius 2 is 2.08 bits per heavy atom. The van der Waals surface area contributed by atoms with Crippen LogP contribution in [0.3, 0.4) is 0 Å². The normalized spacial score (nSPS) is 11.4. The van der Waals surface area contributed by atoms with Crippen molar-refractivity contribution >= 4 is 0 Å². The van der Waals surface area contributed by atoms with Crippen LogP contribution >= 0.6 is 0 Å². The average Bonchev–Trinajstić information content (AvgIpc) is 2.04. The van der Waals surface area contributed by atoms with E-state index >= 15 is 0 Å². The van der Waals surface area contributed by atoms with Crippen LogP contribution in [0.4, 0.5) is 0 Å². The van der Waals surface area contributed by atoms with Gasteiger partial charge in [0, 0.05) is 6.42 Å². The second kappa shape index (κ2) is 6.96. The van der Waals surface area contributed by atoms with Crippen LogP contribution in [0, 0.1) is 0 Å².